The second kappa shape index (κ2) is 8.56. The lowest BCUT2D eigenvalue weighted by Crippen LogP contribution is -2.46. The third-order valence-electron chi connectivity index (χ3n) is 6.56. The lowest BCUT2D eigenvalue weighted by Gasteiger charge is -2.36. The number of carbonyl (C=O) groups excluding carboxylic acids is 1. The number of halogens is 1. The van der Waals surface area contributed by atoms with Crippen molar-refractivity contribution < 1.29 is 4.79 Å². The van der Waals surface area contributed by atoms with Gasteiger partial charge in [-0.25, -0.2) is 4.98 Å². The Kier molecular flexibility index (Phi) is 5.61. The number of rotatable bonds is 4. The molecule has 5 rings (SSSR count). The number of aryl methyl sites for hydroxylation is 1. The van der Waals surface area contributed by atoms with Crippen molar-refractivity contribution in [1.82, 2.24) is 20.2 Å². The van der Waals surface area contributed by atoms with Gasteiger partial charge in [0.2, 0.25) is 0 Å². The summed E-state index contributed by atoms with van der Waals surface area (Å²) in [5.41, 5.74) is 5.60. The van der Waals surface area contributed by atoms with E-state index in [1.807, 2.05) is 6.07 Å². The van der Waals surface area contributed by atoms with Gasteiger partial charge in [0, 0.05) is 56.2 Å². The highest BCUT2D eigenvalue weighted by atomic mass is 35.5. The lowest BCUT2D eigenvalue weighted by atomic mass is 10.0. The molecule has 2 N–H and O–H groups in total. The molecule has 8 heteroatoms. The van der Waals surface area contributed by atoms with Crippen molar-refractivity contribution in [3.05, 3.63) is 68.2 Å². The van der Waals surface area contributed by atoms with Crippen LogP contribution in [-0.4, -0.2) is 54.0 Å². The van der Waals surface area contributed by atoms with Crippen LogP contribution in [0.1, 0.15) is 33.6 Å². The molecular formula is C24H26ClN5O2. The molecule has 3 aromatic rings. The van der Waals surface area contributed by atoms with Gasteiger partial charge in [0.05, 0.1) is 5.69 Å². The number of fused-ring (bicyclic) bond motifs is 3. The summed E-state index contributed by atoms with van der Waals surface area (Å²) in [6.45, 7) is 4.29. The zero-order valence-corrected chi connectivity index (χ0v) is 18.8. The fourth-order valence-electron chi connectivity index (χ4n) is 4.87. The summed E-state index contributed by atoms with van der Waals surface area (Å²) in [5.74, 6) is -0.245. The Morgan fingerprint density at radius 2 is 1.91 bits per heavy atom. The van der Waals surface area contributed by atoms with Crippen molar-refractivity contribution in [2.75, 3.05) is 38.1 Å². The molecule has 1 amide bonds. The van der Waals surface area contributed by atoms with Crippen LogP contribution >= 0.6 is 11.6 Å². The van der Waals surface area contributed by atoms with Gasteiger partial charge in [0.25, 0.3) is 11.5 Å². The van der Waals surface area contributed by atoms with Gasteiger partial charge in [0.1, 0.15) is 5.69 Å². The number of benzene rings is 1. The van der Waals surface area contributed by atoms with Crippen LogP contribution in [0, 0.1) is 0 Å². The summed E-state index contributed by atoms with van der Waals surface area (Å²) in [4.78, 5) is 36.1. The van der Waals surface area contributed by atoms with Crippen molar-refractivity contribution in [2.24, 2.45) is 0 Å². The van der Waals surface area contributed by atoms with Crippen LogP contribution in [0.15, 0.2) is 35.1 Å². The van der Waals surface area contributed by atoms with E-state index < -0.39 is 0 Å². The van der Waals surface area contributed by atoms with Crippen molar-refractivity contribution in [2.45, 2.75) is 25.8 Å². The number of piperazine rings is 1. The summed E-state index contributed by atoms with van der Waals surface area (Å²) in [6, 6.07) is 10.1. The maximum absolute atomic E-state index is 12.4. The first kappa shape index (κ1) is 21.0. The third kappa shape index (κ3) is 3.87. The number of pyridine rings is 2. The van der Waals surface area contributed by atoms with Gasteiger partial charge in [-0.1, -0.05) is 23.7 Å². The van der Waals surface area contributed by atoms with E-state index in [9.17, 15) is 9.59 Å². The Morgan fingerprint density at radius 3 is 2.66 bits per heavy atom. The molecule has 0 spiro atoms. The van der Waals surface area contributed by atoms with Gasteiger partial charge in [-0.05, 0) is 48.6 Å². The predicted molar refractivity (Wildman–Crippen MR) is 127 cm³/mol. The Bertz CT molecular complexity index is 1250. The molecular weight excluding hydrogens is 426 g/mol. The van der Waals surface area contributed by atoms with Crippen LogP contribution in [0.5, 0.6) is 0 Å². The number of amides is 1. The summed E-state index contributed by atoms with van der Waals surface area (Å²) in [5, 5.41) is 4.10. The largest absolute Gasteiger partial charge is 0.366 e. The highest BCUT2D eigenvalue weighted by Crippen LogP contribution is 2.28. The fraction of sp³-hybridized carbons (Fsp3) is 0.375. The molecule has 2 aliphatic rings. The van der Waals surface area contributed by atoms with E-state index in [-0.39, 0.29) is 11.5 Å². The van der Waals surface area contributed by atoms with E-state index in [1.165, 1.54) is 16.5 Å². The monoisotopic (exact) mass is 451 g/mol. The minimum atomic E-state index is -0.245. The number of nitrogens with one attached hydrogen (secondary N) is 2. The standard InChI is InChI=1S/C24H26ClN5O2/c1-26-24(32)19-7-8-21(22(25)27-19)30-11-9-29(10-12-30)14-15-5-6-17-16-3-2-4-18(16)23(31)28-20(17)13-15/h5-8,13H,2-4,9-12,14H2,1H3,(H,26,32)(H,28,31). The molecule has 0 bridgehead atoms. The van der Waals surface area contributed by atoms with Crippen LogP contribution in [0.2, 0.25) is 5.15 Å². The third-order valence-corrected chi connectivity index (χ3v) is 6.84. The molecule has 0 radical (unpaired) electrons. The first-order valence-electron chi connectivity index (χ1n) is 11.1. The number of aromatic nitrogens is 2. The zero-order chi connectivity index (χ0) is 22.2. The molecule has 166 valence electrons. The zero-order valence-electron chi connectivity index (χ0n) is 18.1. The van der Waals surface area contributed by atoms with E-state index in [1.54, 1.807) is 13.1 Å². The van der Waals surface area contributed by atoms with Crippen LogP contribution < -0.4 is 15.8 Å². The number of hydrogen-bond acceptors (Lipinski definition) is 5. The average molecular weight is 452 g/mol. The molecule has 32 heavy (non-hydrogen) atoms. The Hall–Kier alpha value is -2.90. The van der Waals surface area contributed by atoms with Crippen molar-refractivity contribution in [1.29, 1.82) is 0 Å². The van der Waals surface area contributed by atoms with Gasteiger partial charge in [-0.15, -0.1) is 0 Å². The molecule has 1 aromatic carbocycles. The van der Waals surface area contributed by atoms with E-state index in [0.717, 1.165) is 68.8 Å². The van der Waals surface area contributed by atoms with Gasteiger partial charge in [-0.3, -0.25) is 14.5 Å². The Morgan fingerprint density at radius 1 is 1.12 bits per heavy atom. The maximum atomic E-state index is 12.4. The van der Waals surface area contributed by atoms with E-state index in [0.29, 0.717) is 10.8 Å². The van der Waals surface area contributed by atoms with Gasteiger partial charge < -0.3 is 15.2 Å². The highest BCUT2D eigenvalue weighted by Gasteiger charge is 2.22. The van der Waals surface area contributed by atoms with Crippen LogP contribution in [0.3, 0.4) is 0 Å². The van der Waals surface area contributed by atoms with Crippen LogP contribution in [0.4, 0.5) is 5.69 Å². The smallest absolute Gasteiger partial charge is 0.269 e. The number of carbonyl (C=O) groups is 1. The molecule has 2 aromatic heterocycles. The molecule has 1 fully saturated rings. The van der Waals surface area contributed by atoms with E-state index in [4.69, 9.17) is 11.6 Å². The summed E-state index contributed by atoms with van der Waals surface area (Å²) < 4.78 is 0. The molecule has 7 nitrogen and oxygen atoms in total. The lowest BCUT2D eigenvalue weighted by molar-refractivity contribution is 0.0958. The van der Waals surface area contributed by atoms with Gasteiger partial charge >= 0.3 is 0 Å². The van der Waals surface area contributed by atoms with Gasteiger partial charge in [0.15, 0.2) is 5.15 Å². The molecule has 3 heterocycles. The second-order valence-electron chi connectivity index (χ2n) is 8.49. The predicted octanol–water partition coefficient (Wildman–Crippen LogP) is 2.75. The average Bonchev–Trinajstić information content (AvgIpc) is 3.30. The van der Waals surface area contributed by atoms with Crippen molar-refractivity contribution >= 4 is 34.1 Å². The molecule has 0 unspecified atom stereocenters. The van der Waals surface area contributed by atoms with Crippen molar-refractivity contribution in [3.63, 3.8) is 0 Å². The highest BCUT2D eigenvalue weighted by molar-refractivity contribution is 6.32. The SMILES string of the molecule is CNC(=O)c1ccc(N2CCN(Cc3ccc4c5c(c(=O)[nH]c4c3)CCC5)CC2)c(Cl)n1. The summed E-state index contributed by atoms with van der Waals surface area (Å²) in [6.07, 6.45) is 2.96. The summed E-state index contributed by atoms with van der Waals surface area (Å²) >= 11 is 6.36. The minimum absolute atomic E-state index is 0.0729. The first-order chi connectivity index (χ1) is 15.5. The Labute approximate surface area is 191 Å². The Balaban J connectivity index is 1.26. The van der Waals surface area contributed by atoms with Gasteiger partial charge in [-0.2, -0.15) is 0 Å². The normalized spacial score (nSPS) is 16.4. The molecule has 0 saturated carbocycles. The van der Waals surface area contributed by atoms with Crippen molar-refractivity contribution in [3.8, 4) is 0 Å². The van der Waals surface area contributed by atoms with E-state index in [2.05, 4.69) is 43.3 Å². The second-order valence-corrected chi connectivity index (χ2v) is 8.85. The van der Waals surface area contributed by atoms with Crippen LogP contribution in [0.25, 0.3) is 10.9 Å². The number of anilines is 1. The molecule has 1 aliphatic heterocycles. The van der Waals surface area contributed by atoms with E-state index >= 15 is 0 Å². The first-order valence-corrected chi connectivity index (χ1v) is 11.4. The number of nitrogens with zero attached hydrogens (tertiary/aromatic N) is 3. The number of H-pyrrole nitrogens is 1. The number of aromatic amines is 1. The molecule has 1 aliphatic carbocycles. The number of hydrogen-bond donors (Lipinski definition) is 2. The molecule has 0 atom stereocenters. The fourth-order valence-corrected chi connectivity index (χ4v) is 5.14. The summed E-state index contributed by atoms with van der Waals surface area (Å²) in [7, 11) is 1.57. The quantitative estimate of drug-likeness (QED) is 0.596. The molecule has 1 saturated heterocycles. The maximum Gasteiger partial charge on any atom is 0.269 e. The minimum Gasteiger partial charge on any atom is -0.366 e. The topological polar surface area (TPSA) is 81.3 Å². The van der Waals surface area contributed by atoms with Crippen LogP contribution in [-0.2, 0) is 19.4 Å².